The van der Waals surface area contributed by atoms with Gasteiger partial charge in [0.1, 0.15) is 5.82 Å². The molecule has 0 saturated carbocycles. The molecule has 1 aromatic carbocycles. The van der Waals surface area contributed by atoms with Crippen LogP contribution < -0.4 is 5.32 Å². The number of halogens is 1. The van der Waals surface area contributed by atoms with Gasteiger partial charge in [-0.3, -0.25) is 4.90 Å². The third kappa shape index (κ3) is 2.96. The minimum atomic E-state index is -0.157. The van der Waals surface area contributed by atoms with Gasteiger partial charge in [-0.25, -0.2) is 4.39 Å². The maximum absolute atomic E-state index is 13.1. The van der Waals surface area contributed by atoms with Gasteiger partial charge in [-0.05, 0) is 30.7 Å². The van der Waals surface area contributed by atoms with Crippen molar-refractivity contribution in [1.29, 1.82) is 0 Å². The van der Waals surface area contributed by atoms with Crippen LogP contribution in [-0.4, -0.2) is 50.3 Å². The maximum atomic E-state index is 13.1. The van der Waals surface area contributed by atoms with E-state index in [9.17, 15) is 4.39 Å². The highest BCUT2D eigenvalue weighted by molar-refractivity contribution is 5.23. The molecule has 0 bridgehead atoms. The lowest BCUT2D eigenvalue weighted by Gasteiger charge is -2.42. The third-order valence-corrected chi connectivity index (χ3v) is 4.26. The Morgan fingerprint density at radius 3 is 2.63 bits per heavy atom. The first-order chi connectivity index (χ1) is 9.34. The number of nitrogens with zero attached hydrogens (tertiary/aromatic N) is 1. The number of hydrogen-bond acceptors (Lipinski definition) is 3. The highest BCUT2D eigenvalue weighted by Gasteiger charge is 2.31. The molecule has 104 valence electrons. The van der Waals surface area contributed by atoms with Gasteiger partial charge in [-0.1, -0.05) is 12.1 Å². The summed E-state index contributed by atoms with van der Waals surface area (Å²) in [7, 11) is 0. The Bertz CT molecular complexity index is 403. The molecule has 19 heavy (non-hydrogen) atoms. The van der Waals surface area contributed by atoms with E-state index in [0.717, 1.165) is 45.8 Å². The molecule has 1 aromatic rings. The fraction of sp³-hybridized carbons (Fsp3) is 0.600. The molecule has 0 aliphatic carbocycles. The van der Waals surface area contributed by atoms with Crippen molar-refractivity contribution >= 4 is 0 Å². The van der Waals surface area contributed by atoms with Gasteiger partial charge < -0.3 is 10.1 Å². The van der Waals surface area contributed by atoms with Crippen molar-refractivity contribution in [3.8, 4) is 0 Å². The van der Waals surface area contributed by atoms with E-state index in [4.69, 9.17) is 4.74 Å². The second-order valence-corrected chi connectivity index (χ2v) is 5.37. The molecule has 1 N–H and O–H groups in total. The fourth-order valence-electron chi connectivity index (χ4n) is 3.24. The van der Waals surface area contributed by atoms with Crippen LogP contribution in [0.4, 0.5) is 4.39 Å². The van der Waals surface area contributed by atoms with Gasteiger partial charge in [0.15, 0.2) is 0 Å². The van der Waals surface area contributed by atoms with Gasteiger partial charge in [0.05, 0.1) is 13.2 Å². The first kappa shape index (κ1) is 13.0. The number of hydrogen-bond donors (Lipinski definition) is 1. The molecule has 3 nitrogen and oxygen atoms in total. The maximum Gasteiger partial charge on any atom is 0.123 e. The van der Waals surface area contributed by atoms with Crippen LogP contribution in [0.25, 0.3) is 0 Å². The minimum absolute atomic E-state index is 0.157. The summed E-state index contributed by atoms with van der Waals surface area (Å²) in [6.45, 7) is 5.75. The summed E-state index contributed by atoms with van der Waals surface area (Å²) < 4.78 is 18.5. The molecule has 3 rings (SSSR count). The molecule has 0 spiro atoms. The molecular weight excluding hydrogens is 243 g/mol. The van der Waals surface area contributed by atoms with Gasteiger partial charge >= 0.3 is 0 Å². The molecule has 0 aromatic heterocycles. The van der Waals surface area contributed by atoms with Gasteiger partial charge in [-0.2, -0.15) is 0 Å². The Hall–Kier alpha value is -0.970. The molecule has 2 saturated heterocycles. The van der Waals surface area contributed by atoms with Crippen LogP contribution in [0.1, 0.15) is 17.9 Å². The zero-order valence-electron chi connectivity index (χ0n) is 11.1. The Kier molecular flexibility index (Phi) is 4.11. The molecular formula is C15H21FN2O. The molecule has 2 aliphatic heterocycles. The van der Waals surface area contributed by atoms with Crippen LogP contribution in [0.15, 0.2) is 24.3 Å². The third-order valence-electron chi connectivity index (χ3n) is 4.26. The Labute approximate surface area is 113 Å². The van der Waals surface area contributed by atoms with Crippen molar-refractivity contribution in [2.45, 2.75) is 18.4 Å². The summed E-state index contributed by atoms with van der Waals surface area (Å²) in [4.78, 5) is 2.54. The van der Waals surface area contributed by atoms with Crippen molar-refractivity contribution < 1.29 is 9.13 Å². The average Bonchev–Trinajstić information content (AvgIpc) is 2.49. The van der Waals surface area contributed by atoms with Crippen molar-refractivity contribution in [3.05, 3.63) is 35.6 Å². The molecule has 0 amide bonds. The molecule has 2 heterocycles. The second kappa shape index (κ2) is 5.99. The molecule has 2 aliphatic rings. The average molecular weight is 264 g/mol. The molecule has 4 heteroatoms. The highest BCUT2D eigenvalue weighted by atomic mass is 19.1. The summed E-state index contributed by atoms with van der Waals surface area (Å²) in [5.41, 5.74) is 1.24. The Morgan fingerprint density at radius 1 is 1.16 bits per heavy atom. The van der Waals surface area contributed by atoms with E-state index >= 15 is 0 Å². The predicted molar refractivity (Wildman–Crippen MR) is 72.8 cm³/mol. The molecule has 2 fully saturated rings. The van der Waals surface area contributed by atoms with Gasteiger partial charge in [-0.15, -0.1) is 0 Å². The van der Waals surface area contributed by atoms with Crippen LogP contribution in [0, 0.1) is 5.82 Å². The summed E-state index contributed by atoms with van der Waals surface area (Å²) in [6.07, 6.45) is 1.15. The SMILES string of the molecule is Fc1ccc(C2CNCCC2N2CCOCC2)cc1. The van der Waals surface area contributed by atoms with Crippen molar-refractivity contribution in [3.63, 3.8) is 0 Å². The Morgan fingerprint density at radius 2 is 1.89 bits per heavy atom. The van der Waals surface area contributed by atoms with E-state index in [0.29, 0.717) is 12.0 Å². The van der Waals surface area contributed by atoms with Crippen molar-refractivity contribution in [2.75, 3.05) is 39.4 Å². The van der Waals surface area contributed by atoms with E-state index < -0.39 is 0 Å². The van der Waals surface area contributed by atoms with Crippen LogP contribution in [0.5, 0.6) is 0 Å². The summed E-state index contributed by atoms with van der Waals surface area (Å²) in [5.74, 6) is 0.294. The van der Waals surface area contributed by atoms with Crippen LogP contribution in [-0.2, 0) is 4.74 Å². The zero-order chi connectivity index (χ0) is 13.1. The zero-order valence-corrected chi connectivity index (χ0v) is 11.1. The summed E-state index contributed by atoms with van der Waals surface area (Å²) >= 11 is 0. The van der Waals surface area contributed by atoms with E-state index in [-0.39, 0.29) is 5.82 Å². The van der Waals surface area contributed by atoms with Gasteiger partial charge in [0.2, 0.25) is 0 Å². The summed E-state index contributed by atoms with van der Waals surface area (Å²) in [5, 5.41) is 3.47. The van der Waals surface area contributed by atoms with Gasteiger partial charge in [0.25, 0.3) is 0 Å². The van der Waals surface area contributed by atoms with Crippen LogP contribution >= 0.6 is 0 Å². The number of rotatable bonds is 2. The van der Waals surface area contributed by atoms with Gasteiger partial charge in [0, 0.05) is 31.6 Å². The number of morpholine rings is 1. The summed E-state index contributed by atoms with van der Waals surface area (Å²) in [6, 6.07) is 7.55. The standard InChI is InChI=1S/C15H21FN2O/c16-13-3-1-12(2-4-13)14-11-17-6-5-15(14)18-7-9-19-10-8-18/h1-4,14-15,17H,5-11H2. The molecule has 2 atom stereocenters. The number of piperidine rings is 1. The fourth-order valence-corrected chi connectivity index (χ4v) is 3.24. The van der Waals surface area contributed by atoms with Crippen LogP contribution in [0.2, 0.25) is 0 Å². The lowest BCUT2D eigenvalue weighted by molar-refractivity contribution is 0.00482. The molecule has 2 unspecified atom stereocenters. The first-order valence-electron chi connectivity index (χ1n) is 7.12. The molecule has 0 radical (unpaired) electrons. The Balaban J connectivity index is 1.78. The van der Waals surface area contributed by atoms with E-state index in [1.165, 1.54) is 5.56 Å². The van der Waals surface area contributed by atoms with E-state index in [2.05, 4.69) is 10.2 Å². The quantitative estimate of drug-likeness (QED) is 0.878. The second-order valence-electron chi connectivity index (χ2n) is 5.37. The monoisotopic (exact) mass is 264 g/mol. The predicted octanol–water partition coefficient (Wildman–Crippen LogP) is 1.60. The number of nitrogens with one attached hydrogen (secondary N) is 1. The largest absolute Gasteiger partial charge is 0.379 e. The van der Waals surface area contributed by atoms with Crippen molar-refractivity contribution in [1.82, 2.24) is 10.2 Å². The minimum Gasteiger partial charge on any atom is -0.379 e. The topological polar surface area (TPSA) is 24.5 Å². The number of benzene rings is 1. The van der Waals surface area contributed by atoms with Crippen LogP contribution in [0.3, 0.4) is 0 Å². The first-order valence-corrected chi connectivity index (χ1v) is 7.12. The van der Waals surface area contributed by atoms with Crippen molar-refractivity contribution in [2.24, 2.45) is 0 Å². The highest BCUT2D eigenvalue weighted by Crippen LogP contribution is 2.28. The lowest BCUT2D eigenvalue weighted by Crippen LogP contribution is -2.52. The number of ether oxygens (including phenoxy) is 1. The smallest absolute Gasteiger partial charge is 0.123 e. The lowest BCUT2D eigenvalue weighted by atomic mass is 9.85. The van der Waals surface area contributed by atoms with E-state index in [1.807, 2.05) is 12.1 Å². The van der Waals surface area contributed by atoms with E-state index in [1.54, 1.807) is 12.1 Å². The normalized spacial score (nSPS) is 29.3.